The highest BCUT2D eigenvalue weighted by molar-refractivity contribution is 9.12. The average Bonchev–Trinajstić information content (AvgIpc) is 2.80. The minimum absolute atomic E-state index is 0.0406. The molecule has 5 heteroatoms. The molecular weight excluding hydrogens is 396 g/mol. The molecule has 0 aromatic heterocycles. The van der Waals surface area contributed by atoms with E-state index in [0.717, 1.165) is 19.3 Å². The number of allylic oxidation sites excluding steroid dienone is 4. The molecule has 0 bridgehead atoms. The Labute approximate surface area is 162 Å². The van der Waals surface area contributed by atoms with Gasteiger partial charge in [0, 0.05) is 10.8 Å². The van der Waals surface area contributed by atoms with Crippen molar-refractivity contribution in [1.82, 2.24) is 0 Å². The van der Waals surface area contributed by atoms with Gasteiger partial charge >= 0.3 is 0 Å². The first-order valence-electron chi connectivity index (χ1n) is 9.61. The lowest BCUT2D eigenvalue weighted by molar-refractivity contribution is -0.172. The van der Waals surface area contributed by atoms with Gasteiger partial charge in [0.1, 0.15) is 0 Å². The smallest absolute Gasteiger partial charge is 0.192 e. The average molecular weight is 423 g/mol. The summed E-state index contributed by atoms with van der Waals surface area (Å²) in [6, 6.07) is 0. The van der Waals surface area contributed by atoms with Crippen LogP contribution < -0.4 is 0 Å². The van der Waals surface area contributed by atoms with Crippen molar-refractivity contribution in [3.8, 4) is 0 Å². The van der Waals surface area contributed by atoms with E-state index in [2.05, 4.69) is 28.9 Å². The van der Waals surface area contributed by atoms with Crippen molar-refractivity contribution < 1.29 is 19.8 Å². The number of Topliss-reactive ketones (excluding diaryl/α,β-unsaturated/α-hetero) is 1. The van der Waals surface area contributed by atoms with Crippen LogP contribution in [0.1, 0.15) is 52.9 Å². The summed E-state index contributed by atoms with van der Waals surface area (Å²) in [6.45, 7) is 5.61. The van der Waals surface area contributed by atoms with Gasteiger partial charge in [0.15, 0.2) is 17.2 Å². The normalized spacial score (nSPS) is 50.3. The number of aliphatic hydroxyl groups excluding tert-OH is 1. The zero-order chi connectivity index (χ0) is 19.1. The summed E-state index contributed by atoms with van der Waals surface area (Å²) in [7, 11) is 0. The van der Waals surface area contributed by atoms with E-state index in [0.29, 0.717) is 29.2 Å². The number of hydrogen-bond acceptors (Lipinski definition) is 4. The third-order valence-corrected chi connectivity index (χ3v) is 9.27. The van der Waals surface area contributed by atoms with Gasteiger partial charge < -0.3 is 10.2 Å². The van der Waals surface area contributed by atoms with E-state index in [4.69, 9.17) is 0 Å². The van der Waals surface area contributed by atoms with Crippen LogP contribution in [-0.4, -0.2) is 33.5 Å². The first kappa shape index (κ1) is 18.6. The topological polar surface area (TPSA) is 74.6 Å². The van der Waals surface area contributed by atoms with Gasteiger partial charge in [-0.3, -0.25) is 9.59 Å². The second kappa shape index (κ2) is 5.62. The summed E-state index contributed by atoms with van der Waals surface area (Å²) in [4.78, 5) is 24.4. The Morgan fingerprint density at radius 1 is 1.27 bits per heavy atom. The van der Waals surface area contributed by atoms with E-state index in [1.165, 1.54) is 12.5 Å². The summed E-state index contributed by atoms with van der Waals surface area (Å²) in [6.07, 6.45) is 6.62. The molecule has 0 radical (unpaired) electrons. The van der Waals surface area contributed by atoms with E-state index < -0.39 is 17.1 Å². The Morgan fingerprint density at radius 2 is 1.96 bits per heavy atom. The van der Waals surface area contributed by atoms with Gasteiger partial charge in [0.05, 0.1) is 10.6 Å². The monoisotopic (exact) mass is 422 g/mol. The van der Waals surface area contributed by atoms with Gasteiger partial charge in [-0.25, -0.2) is 0 Å². The Bertz CT molecular complexity index is 755. The number of carbonyl (C=O) groups is 2. The van der Waals surface area contributed by atoms with E-state index in [1.807, 2.05) is 6.92 Å². The Kier molecular flexibility index (Phi) is 4.01. The number of ketones is 2. The van der Waals surface area contributed by atoms with Crippen LogP contribution in [0.25, 0.3) is 0 Å². The van der Waals surface area contributed by atoms with Crippen LogP contribution in [0.2, 0.25) is 0 Å². The second-order valence-corrected chi connectivity index (χ2v) is 10.0. The summed E-state index contributed by atoms with van der Waals surface area (Å²) < 4.78 is 0.709. The quantitative estimate of drug-likeness (QED) is 0.679. The van der Waals surface area contributed by atoms with Crippen LogP contribution in [0.4, 0.5) is 0 Å². The number of fused-ring (bicyclic) bond motifs is 5. The SMILES string of the molecule is CC(=O)C1(O)C(O)CC2C3CCC4=C(Br)C(=O)C=CC4(C)C3CCC21C. The van der Waals surface area contributed by atoms with Crippen molar-refractivity contribution in [3.05, 3.63) is 22.2 Å². The number of carbonyl (C=O) groups excluding carboxylic acids is 2. The molecule has 142 valence electrons. The number of hydrogen-bond donors (Lipinski definition) is 2. The maximum atomic E-state index is 12.3. The van der Waals surface area contributed by atoms with Crippen molar-refractivity contribution in [2.24, 2.45) is 28.6 Å². The maximum Gasteiger partial charge on any atom is 0.192 e. The predicted molar refractivity (Wildman–Crippen MR) is 102 cm³/mol. The van der Waals surface area contributed by atoms with Crippen LogP contribution in [0, 0.1) is 28.6 Å². The van der Waals surface area contributed by atoms with E-state index in [-0.39, 0.29) is 22.9 Å². The molecule has 0 saturated heterocycles. The van der Waals surface area contributed by atoms with Gasteiger partial charge in [0.2, 0.25) is 0 Å². The lowest BCUT2D eigenvalue weighted by atomic mass is 9.47. The molecule has 3 saturated carbocycles. The molecule has 7 unspecified atom stereocenters. The third kappa shape index (κ3) is 2.03. The van der Waals surface area contributed by atoms with E-state index >= 15 is 0 Å². The number of halogens is 1. The molecule has 0 aliphatic heterocycles. The molecule has 26 heavy (non-hydrogen) atoms. The van der Waals surface area contributed by atoms with Gasteiger partial charge in [-0.05, 0) is 84.4 Å². The highest BCUT2D eigenvalue weighted by Gasteiger charge is 2.69. The van der Waals surface area contributed by atoms with Gasteiger partial charge in [-0.1, -0.05) is 19.9 Å². The largest absolute Gasteiger partial charge is 0.390 e. The minimum Gasteiger partial charge on any atom is -0.390 e. The summed E-state index contributed by atoms with van der Waals surface area (Å²) in [5.74, 6) is 0.542. The van der Waals surface area contributed by atoms with Gasteiger partial charge in [-0.2, -0.15) is 0 Å². The van der Waals surface area contributed by atoms with Gasteiger partial charge in [-0.15, -0.1) is 0 Å². The summed E-state index contributed by atoms with van der Waals surface area (Å²) >= 11 is 3.52. The fourth-order valence-electron chi connectivity index (χ4n) is 6.94. The lowest BCUT2D eigenvalue weighted by Crippen LogP contribution is -2.59. The molecule has 4 aliphatic rings. The molecule has 0 aromatic carbocycles. The fraction of sp³-hybridized carbons (Fsp3) is 0.714. The molecule has 7 atom stereocenters. The Hall–Kier alpha value is -0.780. The molecular formula is C21H27BrO4. The molecule has 3 fully saturated rings. The highest BCUT2D eigenvalue weighted by atomic mass is 79.9. The van der Waals surface area contributed by atoms with Crippen LogP contribution >= 0.6 is 15.9 Å². The number of aliphatic hydroxyl groups is 2. The number of rotatable bonds is 1. The van der Waals surface area contributed by atoms with Crippen LogP contribution in [0.3, 0.4) is 0 Å². The Morgan fingerprint density at radius 3 is 2.62 bits per heavy atom. The van der Waals surface area contributed by atoms with Crippen molar-refractivity contribution >= 4 is 27.5 Å². The lowest BCUT2D eigenvalue weighted by Gasteiger charge is -2.57. The highest BCUT2D eigenvalue weighted by Crippen LogP contribution is 2.67. The molecule has 2 N–H and O–H groups in total. The van der Waals surface area contributed by atoms with Crippen LogP contribution in [-0.2, 0) is 9.59 Å². The molecule has 4 aliphatic carbocycles. The molecule has 4 rings (SSSR count). The summed E-state index contributed by atoms with van der Waals surface area (Å²) in [5.41, 5.74) is -1.20. The van der Waals surface area contributed by atoms with E-state index in [1.54, 1.807) is 6.08 Å². The molecule has 4 nitrogen and oxygen atoms in total. The standard InChI is InChI=1S/C21H27BrO4/c1-11(23)21(26)17(25)10-15-12-4-5-14-18(22)16(24)7-8-19(14,2)13(12)6-9-20(15,21)3/h7-8,12-13,15,17,25-26H,4-6,9-10H2,1-3H3. The van der Waals surface area contributed by atoms with Crippen molar-refractivity contribution in [1.29, 1.82) is 0 Å². The fourth-order valence-corrected chi connectivity index (χ4v) is 7.69. The first-order chi connectivity index (χ1) is 12.1. The third-order valence-electron chi connectivity index (χ3n) is 8.40. The molecule has 0 heterocycles. The second-order valence-electron chi connectivity index (χ2n) is 9.22. The van der Waals surface area contributed by atoms with Crippen molar-refractivity contribution in [2.45, 2.75) is 64.6 Å². The van der Waals surface area contributed by atoms with Crippen LogP contribution in [0.5, 0.6) is 0 Å². The van der Waals surface area contributed by atoms with Crippen molar-refractivity contribution in [3.63, 3.8) is 0 Å². The van der Waals surface area contributed by atoms with E-state index in [9.17, 15) is 19.8 Å². The Balaban J connectivity index is 1.76. The summed E-state index contributed by atoms with van der Waals surface area (Å²) in [5, 5.41) is 21.8. The van der Waals surface area contributed by atoms with Crippen molar-refractivity contribution in [2.75, 3.05) is 0 Å². The van der Waals surface area contributed by atoms with Gasteiger partial charge in [0.25, 0.3) is 0 Å². The molecule has 0 amide bonds. The zero-order valence-corrected chi connectivity index (χ0v) is 17.2. The first-order valence-corrected chi connectivity index (χ1v) is 10.4. The molecule has 0 spiro atoms. The minimum atomic E-state index is -1.64. The van der Waals surface area contributed by atoms with Crippen LogP contribution in [0.15, 0.2) is 22.2 Å². The zero-order valence-electron chi connectivity index (χ0n) is 15.6. The maximum absolute atomic E-state index is 12.3. The molecule has 0 aromatic rings. The predicted octanol–water partition coefficient (Wildman–Crippen LogP) is 3.31.